The van der Waals surface area contributed by atoms with Crippen LogP contribution >= 0.6 is 0 Å². The molecule has 0 aliphatic rings. The smallest absolute Gasteiger partial charge is 0.305 e. The Labute approximate surface area is 406 Å². The van der Waals surface area contributed by atoms with Crippen LogP contribution in [0.25, 0.3) is 0 Å². The topological polar surface area (TPSA) is 95.9 Å². The van der Waals surface area contributed by atoms with Crippen LogP contribution in [0.1, 0.15) is 341 Å². The van der Waals surface area contributed by atoms with E-state index in [0.29, 0.717) is 25.9 Å². The maximum atomic E-state index is 12.4. The molecule has 0 spiro atoms. The number of hydrogen-bond donors (Lipinski definition) is 3. The number of rotatable bonds is 56. The molecule has 0 aromatic heterocycles. The first-order valence-corrected chi connectivity index (χ1v) is 29.8. The van der Waals surface area contributed by atoms with Gasteiger partial charge < -0.3 is 20.3 Å². The third kappa shape index (κ3) is 52.1. The second kappa shape index (κ2) is 55.5. The van der Waals surface area contributed by atoms with E-state index >= 15 is 0 Å². The molecule has 0 saturated heterocycles. The average Bonchev–Trinajstić information content (AvgIpc) is 3.31. The van der Waals surface area contributed by atoms with Crippen molar-refractivity contribution < 1.29 is 24.5 Å². The first-order valence-electron chi connectivity index (χ1n) is 29.8. The minimum atomic E-state index is -0.660. The molecule has 388 valence electrons. The summed E-state index contributed by atoms with van der Waals surface area (Å²) in [6, 6.07) is -0.538. The Morgan fingerprint density at radius 2 is 0.631 bits per heavy atom. The summed E-state index contributed by atoms with van der Waals surface area (Å²) in [6.45, 7) is 4.96. The van der Waals surface area contributed by atoms with Gasteiger partial charge in [-0.25, -0.2) is 0 Å². The van der Waals surface area contributed by atoms with E-state index in [2.05, 4.69) is 19.2 Å². The molecular weight excluding hydrogens is 803 g/mol. The summed E-state index contributed by atoms with van der Waals surface area (Å²) in [5, 5.41) is 23.1. The van der Waals surface area contributed by atoms with Gasteiger partial charge in [-0.05, 0) is 25.7 Å². The number of esters is 1. The van der Waals surface area contributed by atoms with Gasteiger partial charge in [0, 0.05) is 12.8 Å². The molecule has 0 fully saturated rings. The lowest BCUT2D eigenvalue weighted by Gasteiger charge is -2.22. The van der Waals surface area contributed by atoms with E-state index in [1.54, 1.807) is 0 Å². The summed E-state index contributed by atoms with van der Waals surface area (Å²) in [5.41, 5.74) is 0. The van der Waals surface area contributed by atoms with Crippen LogP contribution in [-0.2, 0) is 14.3 Å². The molecule has 1 amide bonds. The number of amides is 1. The van der Waals surface area contributed by atoms with Crippen molar-refractivity contribution in [2.24, 2.45) is 0 Å². The van der Waals surface area contributed by atoms with E-state index in [9.17, 15) is 19.8 Å². The SMILES string of the molecule is CCCCCCCCCCCCCCCCCCCC(=O)OCCCCCCCCCCCCCCCCCCCCCCCCC(=O)NC(CO)C(O)CCCCCCCCCCC. The highest BCUT2D eigenvalue weighted by Crippen LogP contribution is 2.18. The van der Waals surface area contributed by atoms with E-state index in [1.165, 1.54) is 270 Å². The minimum absolute atomic E-state index is 0.0179. The van der Waals surface area contributed by atoms with Gasteiger partial charge in [-0.15, -0.1) is 0 Å². The summed E-state index contributed by atoms with van der Waals surface area (Å²) in [7, 11) is 0. The lowest BCUT2D eigenvalue weighted by Crippen LogP contribution is -2.45. The first kappa shape index (κ1) is 63.9. The molecule has 0 aromatic rings. The Morgan fingerprint density at radius 3 is 0.938 bits per heavy atom. The zero-order chi connectivity index (χ0) is 47.2. The predicted molar refractivity (Wildman–Crippen MR) is 283 cm³/mol. The van der Waals surface area contributed by atoms with Crippen molar-refractivity contribution in [3.8, 4) is 0 Å². The number of unbranched alkanes of at least 4 members (excludes halogenated alkanes) is 45. The summed E-state index contributed by atoms with van der Waals surface area (Å²) in [5.74, 6) is -0.0179. The van der Waals surface area contributed by atoms with E-state index in [-0.39, 0.29) is 18.5 Å². The summed E-state index contributed by atoms with van der Waals surface area (Å²) < 4.78 is 5.50. The van der Waals surface area contributed by atoms with Crippen LogP contribution in [0.3, 0.4) is 0 Å². The maximum absolute atomic E-state index is 12.4. The van der Waals surface area contributed by atoms with Crippen LogP contribution in [0.2, 0.25) is 0 Å². The summed E-state index contributed by atoms with van der Waals surface area (Å²) in [6.07, 6.45) is 64.0. The van der Waals surface area contributed by atoms with Crippen LogP contribution in [0.4, 0.5) is 0 Å². The third-order valence-corrected chi connectivity index (χ3v) is 14.2. The normalized spacial score (nSPS) is 12.5. The van der Waals surface area contributed by atoms with Gasteiger partial charge >= 0.3 is 5.97 Å². The summed E-state index contributed by atoms with van der Waals surface area (Å²) >= 11 is 0. The molecule has 0 heterocycles. The van der Waals surface area contributed by atoms with Crippen molar-refractivity contribution in [3.05, 3.63) is 0 Å². The number of hydrogen-bond acceptors (Lipinski definition) is 5. The Morgan fingerprint density at radius 1 is 0.369 bits per heavy atom. The molecular formula is C59H117NO5. The van der Waals surface area contributed by atoms with Gasteiger partial charge in [0.25, 0.3) is 0 Å². The van der Waals surface area contributed by atoms with Crippen LogP contribution in [0, 0.1) is 0 Å². The zero-order valence-corrected chi connectivity index (χ0v) is 44.3. The quantitative estimate of drug-likeness (QED) is 0.0417. The van der Waals surface area contributed by atoms with Gasteiger partial charge in [-0.3, -0.25) is 9.59 Å². The number of carbonyl (C=O) groups excluding carboxylic acids is 2. The number of aliphatic hydroxyl groups excluding tert-OH is 2. The Kier molecular flexibility index (Phi) is 54.5. The van der Waals surface area contributed by atoms with Gasteiger partial charge in [0.15, 0.2) is 0 Å². The molecule has 2 atom stereocenters. The molecule has 0 aromatic carbocycles. The lowest BCUT2D eigenvalue weighted by atomic mass is 10.0. The van der Waals surface area contributed by atoms with E-state index < -0.39 is 12.1 Å². The molecule has 0 aliphatic carbocycles. The molecule has 3 N–H and O–H groups in total. The van der Waals surface area contributed by atoms with Crippen LogP contribution < -0.4 is 5.32 Å². The minimum Gasteiger partial charge on any atom is -0.466 e. The molecule has 6 heteroatoms. The molecule has 65 heavy (non-hydrogen) atoms. The van der Waals surface area contributed by atoms with Crippen molar-refractivity contribution in [1.82, 2.24) is 5.32 Å². The molecule has 0 bridgehead atoms. The molecule has 6 nitrogen and oxygen atoms in total. The Balaban J connectivity index is 3.31. The highest BCUT2D eigenvalue weighted by atomic mass is 16.5. The first-order chi connectivity index (χ1) is 32.0. The molecule has 2 unspecified atom stereocenters. The zero-order valence-electron chi connectivity index (χ0n) is 44.3. The second-order valence-corrected chi connectivity index (χ2v) is 20.7. The second-order valence-electron chi connectivity index (χ2n) is 20.7. The largest absolute Gasteiger partial charge is 0.466 e. The van der Waals surface area contributed by atoms with E-state index in [0.717, 1.165) is 38.5 Å². The average molecular weight is 921 g/mol. The summed E-state index contributed by atoms with van der Waals surface area (Å²) in [4.78, 5) is 24.5. The number of nitrogens with one attached hydrogen (secondary N) is 1. The van der Waals surface area contributed by atoms with Gasteiger partial charge in [0.05, 0.1) is 25.4 Å². The molecule has 0 rings (SSSR count). The third-order valence-electron chi connectivity index (χ3n) is 14.2. The Hall–Kier alpha value is -1.14. The fraction of sp³-hybridized carbons (Fsp3) is 0.966. The van der Waals surface area contributed by atoms with Crippen molar-refractivity contribution in [2.75, 3.05) is 13.2 Å². The van der Waals surface area contributed by atoms with Crippen LogP contribution in [0.15, 0.2) is 0 Å². The van der Waals surface area contributed by atoms with Crippen molar-refractivity contribution in [2.45, 2.75) is 353 Å². The van der Waals surface area contributed by atoms with Crippen molar-refractivity contribution in [1.29, 1.82) is 0 Å². The number of aliphatic hydroxyl groups is 2. The van der Waals surface area contributed by atoms with E-state index in [1.807, 2.05) is 0 Å². The number of ether oxygens (including phenoxy) is 1. The monoisotopic (exact) mass is 920 g/mol. The van der Waals surface area contributed by atoms with Gasteiger partial charge in [0.2, 0.25) is 5.91 Å². The van der Waals surface area contributed by atoms with E-state index in [4.69, 9.17) is 4.74 Å². The van der Waals surface area contributed by atoms with Crippen molar-refractivity contribution in [3.63, 3.8) is 0 Å². The fourth-order valence-corrected chi connectivity index (χ4v) is 9.58. The Bertz CT molecular complexity index is 928. The highest BCUT2D eigenvalue weighted by molar-refractivity contribution is 5.76. The highest BCUT2D eigenvalue weighted by Gasteiger charge is 2.20. The lowest BCUT2D eigenvalue weighted by molar-refractivity contribution is -0.143. The predicted octanol–water partition coefficient (Wildman–Crippen LogP) is 18.3. The molecule has 0 aliphatic heterocycles. The van der Waals surface area contributed by atoms with Crippen LogP contribution in [-0.4, -0.2) is 47.4 Å². The van der Waals surface area contributed by atoms with Crippen LogP contribution in [0.5, 0.6) is 0 Å². The van der Waals surface area contributed by atoms with Gasteiger partial charge in [-0.2, -0.15) is 0 Å². The number of carbonyl (C=O) groups is 2. The molecule has 0 radical (unpaired) electrons. The van der Waals surface area contributed by atoms with Crippen molar-refractivity contribution >= 4 is 11.9 Å². The van der Waals surface area contributed by atoms with Gasteiger partial charge in [-0.1, -0.05) is 303 Å². The standard InChI is InChI=1S/C59H117NO5/c1-3-5-7-9-11-13-14-15-16-23-27-30-33-37-41-45-49-53-59(64)65-54-50-46-42-38-34-31-28-25-22-20-18-17-19-21-24-26-29-32-36-40-44-48-52-58(63)60-56(55-61)57(62)51-47-43-39-35-12-10-8-6-4-2/h56-57,61-62H,3-55H2,1-2H3,(H,60,63). The fourth-order valence-electron chi connectivity index (χ4n) is 9.58. The van der Waals surface area contributed by atoms with Gasteiger partial charge in [0.1, 0.15) is 0 Å². The maximum Gasteiger partial charge on any atom is 0.305 e. The molecule has 0 saturated carbocycles.